The first kappa shape index (κ1) is 103. The Morgan fingerprint density at radius 3 is 0.804 bits per heavy atom. The lowest BCUT2D eigenvalue weighted by atomic mass is 10.0. The normalized spacial score (nSPS) is 13.0. The molecule has 2 unspecified atom stereocenters. The Bertz CT molecular complexity index is 2100. The number of aliphatic carboxylic acids is 1. The number of quaternary nitrogens is 1. The molecule has 0 aromatic carbocycles. The van der Waals surface area contributed by atoms with Crippen LogP contribution in [0.3, 0.4) is 0 Å². The molecule has 1 N–H and O–H groups in total. The van der Waals surface area contributed by atoms with Crippen molar-refractivity contribution in [1.82, 2.24) is 0 Å². The summed E-state index contributed by atoms with van der Waals surface area (Å²) in [6.45, 7) is 4.83. The minimum atomic E-state index is -1.51. The van der Waals surface area contributed by atoms with Gasteiger partial charge in [-0.15, -0.1) is 0 Å². The van der Waals surface area contributed by atoms with Gasteiger partial charge in [0, 0.05) is 12.8 Å². The molecule has 2 atom stereocenters. The molecule has 0 aromatic heterocycles. The second-order valence-electron chi connectivity index (χ2n) is 32.6. The van der Waals surface area contributed by atoms with E-state index in [9.17, 15) is 19.5 Å². The van der Waals surface area contributed by atoms with Crippen LogP contribution in [0.1, 0.15) is 450 Å². The summed E-state index contributed by atoms with van der Waals surface area (Å²) in [5, 5.41) is 9.80. The van der Waals surface area contributed by atoms with Gasteiger partial charge in [-0.1, -0.05) is 439 Å². The van der Waals surface area contributed by atoms with Crippen molar-refractivity contribution in [2.75, 3.05) is 47.5 Å². The van der Waals surface area contributed by atoms with Crippen LogP contribution in [-0.4, -0.2) is 87.4 Å². The Morgan fingerprint density at radius 1 is 0.290 bits per heavy atom. The molecule has 622 valence electrons. The fraction of sp³-hybridized carbons (Fsp3) is 0.806. The van der Waals surface area contributed by atoms with Crippen molar-refractivity contribution in [2.45, 2.75) is 463 Å². The van der Waals surface area contributed by atoms with Crippen molar-refractivity contribution in [3.8, 4) is 0 Å². The summed E-state index contributed by atoms with van der Waals surface area (Å²) < 4.78 is 23.1. The van der Waals surface area contributed by atoms with E-state index in [1.807, 2.05) is 21.1 Å². The summed E-state index contributed by atoms with van der Waals surface area (Å²) >= 11 is 0. The molecular formula is C98H178NO8+. The zero-order valence-corrected chi connectivity index (χ0v) is 71.6. The topological polar surface area (TPSA) is 108 Å². The molecular weight excluding hydrogens is 1320 g/mol. The molecule has 0 rings (SSSR count). The highest BCUT2D eigenvalue weighted by Crippen LogP contribution is 2.21. The van der Waals surface area contributed by atoms with Crippen molar-refractivity contribution in [3.05, 3.63) is 97.2 Å². The monoisotopic (exact) mass is 1500 g/mol. The lowest BCUT2D eigenvalue weighted by molar-refractivity contribution is -0.870. The number of esters is 2. The Morgan fingerprint density at radius 2 is 0.533 bits per heavy atom. The molecule has 0 aliphatic carbocycles. The summed E-state index contributed by atoms with van der Waals surface area (Å²) in [5.74, 6) is -1.97. The van der Waals surface area contributed by atoms with Gasteiger partial charge < -0.3 is 28.5 Å². The maximum atomic E-state index is 13.0. The van der Waals surface area contributed by atoms with Gasteiger partial charge >= 0.3 is 17.9 Å². The predicted molar refractivity (Wildman–Crippen MR) is 465 cm³/mol. The number of rotatable bonds is 87. The summed E-state index contributed by atoms with van der Waals surface area (Å²) in [6, 6.07) is 0. The molecule has 0 aromatic rings. The van der Waals surface area contributed by atoms with Crippen molar-refractivity contribution in [3.63, 3.8) is 0 Å². The highest BCUT2D eigenvalue weighted by atomic mass is 16.7. The molecule has 0 fully saturated rings. The number of nitrogens with zero attached hydrogens (tertiary/aromatic N) is 1. The van der Waals surface area contributed by atoms with Crippen LogP contribution in [0.15, 0.2) is 97.2 Å². The number of hydrogen-bond donors (Lipinski definition) is 1. The van der Waals surface area contributed by atoms with Gasteiger partial charge in [-0.2, -0.15) is 0 Å². The van der Waals surface area contributed by atoms with Crippen molar-refractivity contribution < 1.29 is 42.9 Å². The smallest absolute Gasteiger partial charge is 0.361 e. The molecule has 0 spiro atoms. The minimum Gasteiger partial charge on any atom is -0.477 e. The standard InChI is InChI=1S/C98H177NO8/c1-6-8-10-12-14-16-18-20-22-24-26-28-30-32-34-36-38-40-42-44-46-48-50-52-54-56-58-60-62-64-66-68-70-72-74-76-78-80-82-84-86-88-95(100)105-92-94(93-106-98(97(102)103)104-91-90-99(3,4)5)107-96(101)89-87-85-83-81-79-77-75-73-71-69-67-65-63-61-59-57-55-53-51-49-47-45-43-41-39-37-35-33-31-29-27-25-23-21-19-17-15-13-11-9-7-2/h9,11,15,17,21,23-24,26-27,29,33,35,39,41,45,47,94,98H,6-8,10,12-14,16,18-20,22,25,28,30-32,34,36-38,40,42-44,46,48-93H2,1-5H3/p+1/b11-9-,17-15-,23-21-,26-24-,29-27-,35-33-,41-39-,47-45-. The molecule has 0 aliphatic rings. The highest BCUT2D eigenvalue weighted by Gasteiger charge is 2.25. The molecule has 9 nitrogen and oxygen atoms in total. The molecule has 0 aliphatic heterocycles. The van der Waals surface area contributed by atoms with Crippen LogP contribution >= 0.6 is 0 Å². The van der Waals surface area contributed by atoms with Crippen LogP contribution in [0, 0.1) is 0 Å². The zero-order chi connectivity index (χ0) is 77.4. The largest absolute Gasteiger partial charge is 0.477 e. The van der Waals surface area contributed by atoms with Gasteiger partial charge in [-0.05, 0) is 96.3 Å². The van der Waals surface area contributed by atoms with E-state index in [2.05, 4.69) is 111 Å². The fourth-order valence-corrected chi connectivity index (χ4v) is 13.8. The Balaban J connectivity index is 3.91. The minimum absolute atomic E-state index is 0.178. The molecule has 0 saturated carbocycles. The van der Waals surface area contributed by atoms with E-state index in [0.29, 0.717) is 17.4 Å². The average Bonchev–Trinajstić information content (AvgIpc) is 0.965. The quantitative estimate of drug-likeness (QED) is 0.0211. The average molecular weight is 1500 g/mol. The van der Waals surface area contributed by atoms with Gasteiger partial charge in [0.2, 0.25) is 0 Å². The van der Waals surface area contributed by atoms with Crippen LogP contribution in [0.5, 0.6) is 0 Å². The van der Waals surface area contributed by atoms with Crippen LogP contribution < -0.4 is 0 Å². The lowest BCUT2D eigenvalue weighted by Crippen LogP contribution is -2.40. The number of carbonyl (C=O) groups is 3. The maximum absolute atomic E-state index is 13.0. The van der Waals surface area contributed by atoms with Gasteiger partial charge in [0.1, 0.15) is 13.2 Å². The lowest BCUT2D eigenvalue weighted by Gasteiger charge is -2.25. The van der Waals surface area contributed by atoms with Crippen molar-refractivity contribution in [2.24, 2.45) is 0 Å². The SMILES string of the molecule is CC/C=C\C/C=C\C/C=C\C/C=C\C/C=C\C/C=C\C/C=C\CCCCCCCCCCCCCCCCCCCCCC(=O)OC(COC(=O)CCCCCCCCCCCCCCCCCCCCCCCCCCCCCCC/C=C\CCCCCCCCCC)COC(OCC[N+](C)(C)C)C(=O)O. The maximum Gasteiger partial charge on any atom is 0.361 e. The van der Waals surface area contributed by atoms with E-state index in [1.165, 1.54) is 340 Å². The second kappa shape index (κ2) is 87.8. The van der Waals surface area contributed by atoms with Gasteiger partial charge in [-0.25, -0.2) is 4.79 Å². The summed E-state index contributed by atoms with van der Waals surface area (Å²) in [5.41, 5.74) is 0. The van der Waals surface area contributed by atoms with Crippen LogP contribution in [0.2, 0.25) is 0 Å². The van der Waals surface area contributed by atoms with Gasteiger partial charge in [-0.3, -0.25) is 9.59 Å². The van der Waals surface area contributed by atoms with E-state index in [4.69, 9.17) is 18.9 Å². The molecule has 107 heavy (non-hydrogen) atoms. The Hall–Kier alpha value is -3.79. The number of carboxylic acid groups (broad SMARTS) is 1. The van der Waals surface area contributed by atoms with Crippen LogP contribution in [-0.2, 0) is 33.3 Å². The molecule has 0 bridgehead atoms. The summed E-state index contributed by atoms with van der Waals surface area (Å²) in [4.78, 5) is 37.9. The number of unbranched alkanes of at least 4 members (excludes halogenated alkanes) is 56. The van der Waals surface area contributed by atoms with Crippen LogP contribution in [0.25, 0.3) is 0 Å². The Labute approximate surface area is 664 Å². The third-order valence-electron chi connectivity index (χ3n) is 20.8. The third-order valence-corrected chi connectivity index (χ3v) is 20.8. The first-order valence-corrected chi connectivity index (χ1v) is 46.4. The van der Waals surface area contributed by atoms with E-state index in [-0.39, 0.29) is 38.2 Å². The number of ether oxygens (including phenoxy) is 4. The summed E-state index contributed by atoms with van der Waals surface area (Å²) in [6.07, 6.45) is 121. The number of carboxylic acids is 1. The summed E-state index contributed by atoms with van der Waals surface area (Å²) in [7, 11) is 6.00. The van der Waals surface area contributed by atoms with Crippen molar-refractivity contribution in [1.29, 1.82) is 0 Å². The Kier molecular flexibility index (Phi) is 84.7. The van der Waals surface area contributed by atoms with E-state index in [1.54, 1.807) is 0 Å². The number of hydrogen-bond acceptors (Lipinski definition) is 7. The van der Waals surface area contributed by atoms with E-state index < -0.39 is 18.4 Å². The predicted octanol–water partition coefficient (Wildman–Crippen LogP) is 30.6. The number of likely N-dealkylation sites (N-methyl/N-ethyl adjacent to an activating group) is 1. The zero-order valence-electron chi connectivity index (χ0n) is 71.6. The van der Waals surface area contributed by atoms with Gasteiger partial charge in [0.15, 0.2) is 6.10 Å². The molecule has 0 saturated heterocycles. The van der Waals surface area contributed by atoms with Crippen molar-refractivity contribution >= 4 is 17.9 Å². The molecule has 0 heterocycles. The first-order valence-electron chi connectivity index (χ1n) is 46.4. The fourth-order valence-electron chi connectivity index (χ4n) is 13.8. The highest BCUT2D eigenvalue weighted by molar-refractivity contribution is 5.71. The molecule has 9 heteroatoms. The third kappa shape index (κ3) is 89.3. The second-order valence-corrected chi connectivity index (χ2v) is 32.6. The van der Waals surface area contributed by atoms with E-state index >= 15 is 0 Å². The molecule has 0 amide bonds. The van der Waals surface area contributed by atoms with Crippen LogP contribution in [0.4, 0.5) is 0 Å². The first-order chi connectivity index (χ1) is 52.6. The van der Waals surface area contributed by atoms with Gasteiger partial charge in [0.05, 0.1) is 34.4 Å². The number of carbonyl (C=O) groups excluding carboxylic acids is 2. The van der Waals surface area contributed by atoms with E-state index in [0.717, 1.165) is 83.5 Å². The van der Waals surface area contributed by atoms with Gasteiger partial charge in [0.25, 0.3) is 6.29 Å². The molecule has 0 radical (unpaired) electrons. The number of allylic oxidation sites excluding steroid dienone is 16.